The van der Waals surface area contributed by atoms with Crippen molar-refractivity contribution >= 4 is 10.8 Å². The van der Waals surface area contributed by atoms with Gasteiger partial charge >= 0.3 is 0 Å². The molecular weight excluding hydrogens is 771 g/mol. The van der Waals surface area contributed by atoms with Gasteiger partial charge in [0.25, 0.3) is 0 Å². The Morgan fingerprint density at radius 2 is 0.828 bits per heavy atom. The number of fused-ring (bicyclic) bond motifs is 11. The highest BCUT2D eigenvalue weighted by Crippen LogP contribution is 2.63. The number of aryl methyl sites for hydroxylation is 2. The third-order valence-electron chi connectivity index (χ3n) is 12.9. The Labute approximate surface area is 378 Å². The highest BCUT2D eigenvalue weighted by molar-refractivity contribution is 6.05. The molecule has 10 aromatic rings. The normalized spacial score (nSPS) is 12.2. The fourth-order valence-electron chi connectivity index (χ4n) is 10.1. The zero-order valence-electron chi connectivity index (χ0n) is 36.7. The fraction of sp³-hybridized carbons (Fsp3) is 0.0794. The minimum absolute atomic E-state index is 0.338. The van der Waals surface area contributed by atoms with Crippen LogP contribution in [0.1, 0.15) is 38.9 Å². The molecule has 0 bridgehead atoms. The lowest BCUT2D eigenvalue weighted by molar-refractivity contribution is 0.794. The maximum absolute atomic E-state index is 3.14. The maximum Gasteiger partial charge on any atom is 0.0725 e. The summed E-state index contributed by atoms with van der Waals surface area (Å²) in [7, 11) is 1.96. The van der Waals surface area contributed by atoms with E-state index in [2.05, 4.69) is 231 Å². The average molecular weight is 822 g/mol. The lowest BCUT2D eigenvalue weighted by Gasteiger charge is -2.30. The molecule has 1 spiro atoms. The minimum Gasteiger partial charge on any atom is -0.316 e. The molecule has 0 fully saturated rings. The molecule has 0 saturated heterocycles. The van der Waals surface area contributed by atoms with E-state index in [9.17, 15) is 0 Å². The first-order valence-electron chi connectivity index (χ1n) is 22.4. The molecule has 0 amide bonds. The molecule has 0 atom stereocenters. The van der Waals surface area contributed by atoms with Crippen molar-refractivity contribution in [3.63, 3.8) is 0 Å². The summed E-state index contributed by atoms with van der Waals surface area (Å²) in [5.74, 6) is 0. The number of hydrogen-bond donors (Lipinski definition) is 1. The Bertz CT molecular complexity index is 3170. The standard InChI is InChI=1S/C42H28.C14H15N.C7H8/c1-27-11-10-13-30(25-27)41-31-14-3-2-12-28(31)21-23-32(41)29-22-24-36-35-17-6-9-20-39(35)42(40(36)26-29)37-18-7-4-15-33(37)34-16-5-8-19-38(34)42;1-15-11-12-7-9-14(10-8-12)13-5-3-2-4-6-13;1-7-5-3-2-4-6-7/h2-26H,1H3;2-10,15H,11H2,1H3;2-6H,1H3. The van der Waals surface area contributed by atoms with Crippen LogP contribution in [-0.4, -0.2) is 7.05 Å². The Kier molecular flexibility index (Phi) is 11.2. The number of rotatable bonds is 5. The first-order valence-corrected chi connectivity index (χ1v) is 22.4. The van der Waals surface area contributed by atoms with Crippen LogP contribution in [0.25, 0.3) is 66.4 Å². The Hall–Kier alpha value is -7.58. The molecule has 12 rings (SSSR count). The summed E-state index contributed by atoms with van der Waals surface area (Å²) in [5, 5.41) is 5.70. The lowest BCUT2D eigenvalue weighted by atomic mass is 9.70. The smallest absolute Gasteiger partial charge is 0.0725 e. The molecule has 10 aromatic carbocycles. The first-order chi connectivity index (χ1) is 31.5. The van der Waals surface area contributed by atoms with E-state index in [0.717, 1.165) is 6.54 Å². The number of benzene rings is 10. The summed E-state index contributed by atoms with van der Waals surface area (Å²) < 4.78 is 0. The summed E-state index contributed by atoms with van der Waals surface area (Å²) in [6.45, 7) is 5.19. The van der Waals surface area contributed by atoms with Crippen molar-refractivity contribution in [2.45, 2.75) is 25.8 Å². The molecule has 1 heteroatoms. The second-order valence-electron chi connectivity index (χ2n) is 17.0. The number of hydrogen-bond acceptors (Lipinski definition) is 1. The zero-order chi connectivity index (χ0) is 43.5. The monoisotopic (exact) mass is 821 g/mol. The van der Waals surface area contributed by atoms with Gasteiger partial charge in [-0.25, -0.2) is 0 Å². The second-order valence-corrected chi connectivity index (χ2v) is 17.0. The lowest BCUT2D eigenvalue weighted by Crippen LogP contribution is -2.25. The molecule has 308 valence electrons. The van der Waals surface area contributed by atoms with Crippen molar-refractivity contribution < 1.29 is 0 Å². The van der Waals surface area contributed by atoms with E-state index < -0.39 is 0 Å². The molecular formula is C63H51N. The van der Waals surface area contributed by atoms with Crippen molar-refractivity contribution in [2.24, 2.45) is 0 Å². The maximum atomic E-state index is 3.14. The second kappa shape index (κ2) is 17.7. The summed E-state index contributed by atoms with van der Waals surface area (Å²) in [6.07, 6.45) is 0. The van der Waals surface area contributed by atoms with Crippen LogP contribution < -0.4 is 5.32 Å². The molecule has 0 heterocycles. The summed E-state index contributed by atoms with van der Waals surface area (Å²) in [5.41, 5.74) is 22.1. The molecule has 0 radical (unpaired) electrons. The molecule has 0 saturated carbocycles. The molecule has 0 aromatic heterocycles. The van der Waals surface area contributed by atoms with Gasteiger partial charge in [0.2, 0.25) is 0 Å². The summed E-state index contributed by atoms with van der Waals surface area (Å²) in [6, 6.07) is 86.0. The van der Waals surface area contributed by atoms with Crippen LogP contribution in [0.2, 0.25) is 0 Å². The van der Waals surface area contributed by atoms with E-state index in [0.29, 0.717) is 0 Å². The average Bonchev–Trinajstić information content (AvgIpc) is 3.82. The zero-order valence-corrected chi connectivity index (χ0v) is 36.7. The summed E-state index contributed by atoms with van der Waals surface area (Å²) in [4.78, 5) is 0. The van der Waals surface area contributed by atoms with Gasteiger partial charge < -0.3 is 5.32 Å². The van der Waals surface area contributed by atoms with Gasteiger partial charge in [-0.05, 0) is 121 Å². The fourth-order valence-corrected chi connectivity index (χ4v) is 10.1. The molecule has 64 heavy (non-hydrogen) atoms. The quantitative estimate of drug-likeness (QED) is 0.182. The van der Waals surface area contributed by atoms with Crippen molar-refractivity contribution in [2.75, 3.05) is 7.05 Å². The molecule has 2 aliphatic rings. The van der Waals surface area contributed by atoms with Crippen molar-refractivity contribution in [3.8, 4) is 55.6 Å². The van der Waals surface area contributed by atoms with Gasteiger partial charge in [-0.1, -0.05) is 242 Å². The largest absolute Gasteiger partial charge is 0.316 e. The van der Waals surface area contributed by atoms with Crippen molar-refractivity contribution in [1.29, 1.82) is 0 Å². The van der Waals surface area contributed by atoms with E-state index in [1.165, 1.54) is 105 Å². The van der Waals surface area contributed by atoms with Crippen LogP contribution in [0, 0.1) is 13.8 Å². The third kappa shape index (κ3) is 7.34. The Morgan fingerprint density at radius 1 is 0.344 bits per heavy atom. The summed E-state index contributed by atoms with van der Waals surface area (Å²) >= 11 is 0. The van der Waals surface area contributed by atoms with E-state index in [1.54, 1.807) is 0 Å². The molecule has 1 nitrogen and oxygen atoms in total. The van der Waals surface area contributed by atoms with Crippen LogP contribution in [0.15, 0.2) is 237 Å². The predicted octanol–water partition coefficient (Wildman–Crippen LogP) is 15.9. The SMILES string of the molecule is CNCc1ccc(-c2ccccc2)cc1.Cc1cccc(-c2c(-c3ccc4c(c3)C3(c5ccccc5-c5ccccc53)c3ccccc3-4)ccc3ccccc23)c1.Cc1ccccc1. The minimum atomic E-state index is -0.338. The Balaban J connectivity index is 0.000000181. The van der Waals surface area contributed by atoms with Gasteiger partial charge in [0, 0.05) is 6.54 Å². The molecule has 2 aliphatic carbocycles. The highest BCUT2D eigenvalue weighted by Gasteiger charge is 2.51. The predicted molar refractivity (Wildman–Crippen MR) is 272 cm³/mol. The van der Waals surface area contributed by atoms with Gasteiger partial charge in [0.15, 0.2) is 0 Å². The van der Waals surface area contributed by atoms with Crippen LogP contribution in [-0.2, 0) is 12.0 Å². The van der Waals surface area contributed by atoms with Crippen LogP contribution >= 0.6 is 0 Å². The molecule has 1 N–H and O–H groups in total. The topological polar surface area (TPSA) is 12.0 Å². The third-order valence-corrected chi connectivity index (χ3v) is 12.9. The number of nitrogens with one attached hydrogen (secondary N) is 1. The first kappa shape index (κ1) is 40.5. The van der Waals surface area contributed by atoms with Crippen molar-refractivity contribution in [1.82, 2.24) is 5.32 Å². The Morgan fingerprint density at radius 3 is 1.42 bits per heavy atom. The van der Waals surface area contributed by atoms with Gasteiger partial charge in [-0.2, -0.15) is 0 Å². The van der Waals surface area contributed by atoms with E-state index in [-0.39, 0.29) is 5.41 Å². The van der Waals surface area contributed by atoms with Gasteiger partial charge in [-0.3, -0.25) is 0 Å². The van der Waals surface area contributed by atoms with Crippen LogP contribution in [0.3, 0.4) is 0 Å². The van der Waals surface area contributed by atoms with E-state index in [4.69, 9.17) is 0 Å². The highest BCUT2D eigenvalue weighted by atomic mass is 14.8. The van der Waals surface area contributed by atoms with E-state index in [1.807, 2.05) is 31.3 Å². The van der Waals surface area contributed by atoms with Gasteiger partial charge in [-0.15, -0.1) is 0 Å². The van der Waals surface area contributed by atoms with Crippen LogP contribution in [0.5, 0.6) is 0 Å². The molecule has 0 unspecified atom stereocenters. The van der Waals surface area contributed by atoms with Gasteiger partial charge in [0.1, 0.15) is 0 Å². The van der Waals surface area contributed by atoms with Crippen LogP contribution in [0.4, 0.5) is 0 Å². The van der Waals surface area contributed by atoms with Crippen molar-refractivity contribution in [3.05, 3.63) is 276 Å². The molecule has 0 aliphatic heterocycles. The van der Waals surface area contributed by atoms with Gasteiger partial charge in [0.05, 0.1) is 5.41 Å². The van der Waals surface area contributed by atoms with E-state index >= 15 is 0 Å².